The van der Waals surface area contributed by atoms with E-state index in [2.05, 4.69) is 15.4 Å². The van der Waals surface area contributed by atoms with Crippen LogP contribution in [-0.4, -0.2) is 27.3 Å². The van der Waals surface area contributed by atoms with E-state index in [0.717, 1.165) is 21.7 Å². The van der Waals surface area contributed by atoms with Gasteiger partial charge in [-0.2, -0.15) is 5.10 Å². The summed E-state index contributed by atoms with van der Waals surface area (Å²) in [7, 11) is 1.80. The number of nitrogens with zero attached hydrogens (tertiary/aromatic N) is 3. The van der Waals surface area contributed by atoms with E-state index in [1.54, 1.807) is 17.8 Å². The maximum Gasteiger partial charge on any atom is 0.277 e. The summed E-state index contributed by atoms with van der Waals surface area (Å²) < 4.78 is 8.11. The van der Waals surface area contributed by atoms with Crippen LogP contribution < -0.4 is 10.1 Å². The Hall–Kier alpha value is -2.41. The van der Waals surface area contributed by atoms with Gasteiger partial charge >= 0.3 is 0 Å². The number of benzene rings is 1. The average molecular weight is 316 g/mol. The number of aromatic nitrogens is 3. The standard InChI is InChI=1S/C15H16N4O2S/c1-4-21-10-5-6-11-13(8-10)22-15(16-11)17-14(20)12-7-9(2)19(3)18-12/h5-8H,4H2,1-3H3,(H,16,17,20). The van der Waals surface area contributed by atoms with E-state index in [0.29, 0.717) is 17.4 Å². The van der Waals surface area contributed by atoms with Crippen LogP contribution >= 0.6 is 11.3 Å². The highest BCUT2D eigenvalue weighted by Gasteiger charge is 2.14. The SMILES string of the molecule is CCOc1ccc2nc(NC(=O)c3cc(C)n(C)n3)sc2c1. The predicted octanol–water partition coefficient (Wildman–Crippen LogP) is 2.99. The van der Waals surface area contributed by atoms with Crippen LogP contribution in [-0.2, 0) is 7.05 Å². The number of hydrogen-bond donors (Lipinski definition) is 1. The molecule has 0 saturated heterocycles. The molecular weight excluding hydrogens is 300 g/mol. The fraction of sp³-hybridized carbons (Fsp3) is 0.267. The number of fused-ring (bicyclic) bond motifs is 1. The lowest BCUT2D eigenvalue weighted by atomic mass is 10.3. The summed E-state index contributed by atoms with van der Waals surface area (Å²) >= 11 is 1.41. The van der Waals surface area contributed by atoms with E-state index in [1.807, 2.05) is 32.0 Å². The van der Waals surface area contributed by atoms with Crippen LogP contribution in [0, 0.1) is 6.92 Å². The molecule has 0 bridgehead atoms. The summed E-state index contributed by atoms with van der Waals surface area (Å²) in [5.41, 5.74) is 2.14. The van der Waals surface area contributed by atoms with E-state index in [1.165, 1.54) is 11.3 Å². The van der Waals surface area contributed by atoms with Crippen molar-refractivity contribution in [3.8, 4) is 5.75 Å². The fourth-order valence-electron chi connectivity index (χ4n) is 2.05. The number of rotatable bonds is 4. The first-order chi connectivity index (χ1) is 10.6. The lowest BCUT2D eigenvalue weighted by Crippen LogP contribution is -2.12. The highest BCUT2D eigenvalue weighted by molar-refractivity contribution is 7.22. The Balaban J connectivity index is 1.82. The third-order valence-corrected chi connectivity index (χ3v) is 4.17. The zero-order chi connectivity index (χ0) is 15.7. The Morgan fingerprint density at radius 1 is 1.41 bits per heavy atom. The monoisotopic (exact) mass is 316 g/mol. The van der Waals surface area contributed by atoms with Gasteiger partial charge in [-0.15, -0.1) is 0 Å². The van der Waals surface area contributed by atoms with Gasteiger partial charge in [0.1, 0.15) is 5.75 Å². The lowest BCUT2D eigenvalue weighted by molar-refractivity contribution is 0.102. The van der Waals surface area contributed by atoms with Gasteiger partial charge in [-0.25, -0.2) is 4.98 Å². The van der Waals surface area contributed by atoms with E-state index in [-0.39, 0.29) is 5.91 Å². The van der Waals surface area contributed by atoms with Crippen LogP contribution in [0.5, 0.6) is 5.75 Å². The largest absolute Gasteiger partial charge is 0.494 e. The average Bonchev–Trinajstić information content (AvgIpc) is 3.02. The molecule has 1 N–H and O–H groups in total. The summed E-state index contributed by atoms with van der Waals surface area (Å²) in [6, 6.07) is 7.43. The fourth-order valence-corrected chi connectivity index (χ4v) is 2.94. The minimum Gasteiger partial charge on any atom is -0.494 e. The predicted molar refractivity (Wildman–Crippen MR) is 86.7 cm³/mol. The first-order valence-electron chi connectivity index (χ1n) is 6.92. The molecule has 0 aliphatic rings. The van der Waals surface area contributed by atoms with Crippen molar-refractivity contribution in [2.45, 2.75) is 13.8 Å². The number of thiazole rings is 1. The zero-order valence-corrected chi connectivity index (χ0v) is 13.4. The molecule has 0 aliphatic heterocycles. The van der Waals surface area contributed by atoms with Gasteiger partial charge in [0.15, 0.2) is 10.8 Å². The third kappa shape index (κ3) is 2.80. The van der Waals surface area contributed by atoms with Gasteiger partial charge in [0.25, 0.3) is 5.91 Å². The summed E-state index contributed by atoms with van der Waals surface area (Å²) in [5, 5.41) is 7.50. The normalized spacial score (nSPS) is 10.9. The van der Waals surface area contributed by atoms with Crippen molar-refractivity contribution in [2.75, 3.05) is 11.9 Å². The molecule has 0 saturated carbocycles. The van der Waals surface area contributed by atoms with E-state index in [9.17, 15) is 4.79 Å². The Labute approximate surface area is 131 Å². The zero-order valence-electron chi connectivity index (χ0n) is 12.6. The first-order valence-corrected chi connectivity index (χ1v) is 7.74. The van der Waals surface area contributed by atoms with Gasteiger partial charge in [0.05, 0.1) is 16.8 Å². The summed E-state index contributed by atoms with van der Waals surface area (Å²) in [5.74, 6) is 0.546. The Bertz CT molecular complexity index is 818. The number of ether oxygens (including phenoxy) is 1. The van der Waals surface area contributed by atoms with E-state index >= 15 is 0 Å². The highest BCUT2D eigenvalue weighted by atomic mass is 32.1. The Morgan fingerprint density at radius 2 is 2.23 bits per heavy atom. The molecule has 6 nitrogen and oxygen atoms in total. The first kappa shape index (κ1) is 14.5. The second-order valence-electron chi connectivity index (χ2n) is 4.83. The molecule has 2 aromatic heterocycles. The number of aryl methyl sites for hydroxylation is 2. The minimum atomic E-state index is -0.257. The number of anilines is 1. The molecule has 22 heavy (non-hydrogen) atoms. The van der Waals surface area contributed by atoms with E-state index in [4.69, 9.17) is 4.74 Å². The second-order valence-corrected chi connectivity index (χ2v) is 5.86. The maximum atomic E-state index is 12.2. The van der Waals surface area contributed by atoms with Crippen LogP contribution in [0.25, 0.3) is 10.2 Å². The number of amides is 1. The molecule has 1 aromatic carbocycles. The molecule has 0 aliphatic carbocycles. The van der Waals surface area contributed by atoms with Crippen LogP contribution in [0.2, 0.25) is 0 Å². The highest BCUT2D eigenvalue weighted by Crippen LogP contribution is 2.29. The molecule has 114 valence electrons. The van der Waals surface area contributed by atoms with Crippen molar-refractivity contribution >= 4 is 32.6 Å². The van der Waals surface area contributed by atoms with Crippen LogP contribution in [0.15, 0.2) is 24.3 Å². The van der Waals surface area contributed by atoms with Gasteiger partial charge in [-0.3, -0.25) is 14.8 Å². The molecule has 0 spiro atoms. The summed E-state index contributed by atoms with van der Waals surface area (Å²) in [4.78, 5) is 16.6. The number of carbonyl (C=O) groups is 1. The van der Waals surface area contributed by atoms with Crippen molar-refractivity contribution in [1.82, 2.24) is 14.8 Å². The smallest absolute Gasteiger partial charge is 0.277 e. The van der Waals surface area contributed by atoms with Crippen molar-refractivity contribution < 1.29 is 9.53 Å². The molecule has 7 heteroatoms. The topological polar surface area (TPSA) is 69.0 Å². The van der Waals surface area contributed by atoms with Crippen molar-refractivity contribution in [2.24, 2.45) is 7.05 Å². The lowest BCUT2D eigenvalue weighted by Gasteiger charge is -2.00. The number of nitrogens with one attached hydrogen (secondary N) is 1. The molecule has 2 heterocycles. The third-order valence-electron chi connectivity index (χ3n) is 3.24. The van der Waals surface area contributed by atoms with Gasteiger partial charge in [-0.05, 0) is 38.1 Å². The van der Waals surface area contributed by atoms with Crippen molar-refractivity contribution in [3.05, 3.63) is 35.7 Å². The number of carbonyl (C=O) groups excluding carboxylic acids is 1. The summed E-state index contributed by atoms with van der Waals surface area (Å²) in [6.45, 7) is 4.46. The van der Waals surface area contributed by atoms with Gasteiger partial charge in [0.2, 0.25) is 0 Å². The molecule has 1 amide bonds. The van der Waals surface area contributed by atoms with Crippen LogP contribution in [0.4, 0.5) is 5.13 Å². The summed E-state index contributed by atoms with van der Waals surface area (Å²) in [6.07, 6.45) is 0. The molecule has 0 unspecified atom stereocenters. The minimum absolute atomic E-state index is 0.257. The van der Waals surface area contributed by atoms with Crippen LogP contribution in [0.3, 0.4) is 0 Å². The number of hydrogen-bond acceptors (Lipinski definition) is 5. The molecule has 0 radical (unpaired) electrons. The maximum absolute atomic E-state index is 12.2. The molecule has 0 atom stereocenters. The quantitative estimate of drug-likeness (QED) is 0.803. The molecular formula is C15H16N4O2S. The van der Waals surface area contributed by atoms with Gasteiger partial charge in [0, 0.05) is 12.7 Å². The van der Waals surface area contributed by atoms with E-state index < -0.39 is 0 Å². The van der Waals surface area contributed by atoms with Crippen LogP contribution in [0.1, 0.15) is 23.1 Å². The second kappa shape index (κ2) is 5.76. The van der Waals surface area contributed by atoms with Gasteiger partial charge < -0.3 is 4.74 Å². The van der Waals surface area contributed by atoms with Crippen molar-refractivity contribution in [3.63, 3.8) is 0 Å². The van der Waals surface area contributed by atoms with Gasteiger partial charge in [-0.1, -0.05) is 11.3 Å². The Kier molecular flexibility index (Phi) is 3.81. The molecule has 3 aromatic rings. The van der Waals surface area contributed by atoms with Crippen molar-refractivity contribution in [1.29, 1.82) is 0 Å². The Morgan fingerprint density at radius 3 is 2.91 bits per heavy atom. The molecule has 0 fully saturated rings. The molecule has 3 rings (SSSR count).